The molecule has 2 heterocycles. The molecule has 1 atom stereocenters. The Balaban J connectivity index is 1.88. The van der Waals surface area contributed by atoms with Crippen LogP contribution in [0.25, 0.3) is 10.6 Å². The second-order valence-electron chi connectivity index (χ2n) is 6.58. The first kappa shape index (κ1) is 16.6. The molecule has 3 rings (SSSR count). The van der Waals surface area contributed by atoms with Crippen LogP contribution < -0.4 is 5.73 Å². The lowest BCUT2D eigenvalue weighted by atomic mass is 9.81. The molecule has 124 valence electrons. The molecular weight excluding hydrogens is 330 g/mol. The summed E-state index contributed by atoms with van der Waals surface area (Å²) in [5.74, 6) is 0. The van der Waals surface area contributed by atoms with E-state index in [-0.39, 0.29) is 16.5 Å². The summed E-state index contributed by atoms with van der Waals surface area (Å²) < 4.78 is 27.2. The number of piperidine rings is 1. The van der Waals surface area contributed by atoms with Crippen molar-refractivity contribution in [2.75, 3.05) is 13.1 Å². The number of sulfonamides is 1. The van der Waals surface area contributed by atoms with Gasteiger partial charge in [-0.2, -0.15) is 4.31 Å². The molecule has 1 aromatic carbocycles. The van der Waals surface area contributed by atoms with E-state index in [1.165, 1.54) is 15.6 Å². The van der Waals surface area contributed by atoms with Crippen molar-refractivity contribution in [1.82, 2.24) is 9.29 Å². The fourth-order valence-electron chi connectivity index (χ4n) is 2.75. The highest BCUT2D eigenvalue weighted by Gasteiger charge is 2.39. The maximum atomic E-state index is 12.9. The van der Waals surface area contributed by atoms with E-state index < -0.39 is 10.0 Å². The topological polar surface area (TPSA) is 76.3 Å². The van der Waals surface area contributed by atoms with E-state index in [4.69, 9.17) is 5.73 Å². The summed E-state index contributed by atoms with van der Waals surface area (Å²) in [5.41, 5.74) is 6.80. The molecule has 0 saturated carbocycles. The van der Waals surface area contributed by atoms with Gasteiger partial charge >= 0.3 is 0 Å². The molecule has 0 bridgehead atoms. The van der Waals surface area contributed by atoms with E-state index in [2.05, 4.69) is 4.98 Å². The Morgan fingerprint density at radius 2 is 2.00 bits per heavy atom. The van der Waals surface area contributed by atoms with Gasteiger partial charge in [-0.05, 0) is 11.8 Å². The molecule has 1 aliphatic heterocycles. The monoisotopic (exact) mass is 351 g/mol. The van der Waals surface area contributed by atoms with Crippen molar-refractivity contribution in [3.63, 3.8) is 0 Å². The quantitative estimate of drug-likeness (QED) is 0.922. The lowest BCUT2D eigenvalue weighted by Crippen LogP contribution is -2.53. The van der Waals surface area contributed by atoms with Crippen LogP contribution >= 0.6 is 11.3 Å². The van der Waals surface area contributed by atoms with E-state index in [9.17, 15) is 8.42 Å². The Labute approximate surface area is 141 Å². The van der Waals surface area contributed by atoms with Gasteiger partial charge < -0.3 is 5.73 Å². The molecule has 1 fully saturated rings. The Hall–Kier alpha value is -1.28. The smallest absolute Gasteiger partial charge is 0.261 e. The van der Waals surface area contributed by atoms with Crippen LogP contribution in [0.15, 0.2) is 40.7 Å². The van der Waals surface area contributed by atoms with Crippen LogP contribution in [-0.4, -0.2) is 36.8 Å². The van der Waals surface area contributed by atoms with E-state index in [1.54, 1.807) is 5.38 Å². The number of aromatic nitrogens is 1. The van der Waals surface area contributed by atoms with Crippen molar-refractivity contribution >= 4 is 21.4 Å². The Kier molecular flexibility index (Phi) is 4.31. The molecular formula is C16H21N3O2S2. The summed E-state index contributed by atoms with van der Waals surface area (Å²) in [6.45, 7) is 4.89. The second kappa shape index (κ2) is 5.98. The number of hydrogen-bond acceptors (Lipinski definition) is 5. The third-order valence-electron chi connectivity index (χ3n) is 4.39. The standard InChI is InChI=1S/C16H21N3O2S2/c1-16(2)11-19(9-8-13(16)17)23(20,21)14-10-22-15(18-14)12-6-4-3-5-7-12/h3-7,10,13H,8-9,11,17H2,1-2H3. The van der Waals surface area contributed by atoms with E-state index in [0.29, 0.717) is 19.5 Å². The molecule has 23 heavy (non-hydrogen) atoms. The van der Waals surface area contributed by atoms with Crippen molar-refractivity contribution < 1.29 is 8.42 Å². The van der Waals surface area contributed by atoms with Gasteiger partial charge in [-0.3, -0.25) is 0 Å². The third kappa shape index (κ3) is 3.19. The number of benzene rings is 1. The number of nitrogens with zero attached hydrogens (tertiary/aromatic N) is 2. The second-order valence-corrected chi connectivity index (χ2v) is 9.32. The van der Waals surface area contributed by atoms with Crippen LogP contribution in [0, 0.1) is 5.41 Å². The molecule has 0 spiro atoms. The van der Waals surface area contributed by atoms with Gasteiger partial charge in [0, 0.05) is 30.1 Å². The zero-order valence-corrected chi connectivity index (χ0v) is 14.9. The molecule has 0 amide bonds. The highest BCUT2D eigenvalue weighted by atomic mass is 32.2. The summed E-state index contributed by atoms with van der Waals surface area (Å²) in [4.78, 5) is 4.35. The molecule has 0 radical (unpaired) electrons. The summed E-state index contributed by atoms with van der Waals surface area (Å²) in [6.07, 6.45) is 0.669. The van der Waals surface area contributed by atoms with E-state index in [0.717, 1.165) is 10.6 Å². The minimum Gasteiger partial charge on any atom is -0.327 e. The van der Waals surface area contributed by atoms with Crippen LogP contribution in [-0.2, 0) is 10.0 Å². The lowest BCUT2D eigenvalue weighted by molar-refractivity contribution is 0.155. The van der Waals surface area contributed by atoms with Gasteiger partial charge in [0.15, 0.2) is 5.03 Å². The number of hydrogen-bond donors (Lipinski definition) is 1. The summed E-state index contributed by atoms with van der Waals surface area (Å²) in [5, 5.41) is 2.48. The highest BCUT2D eigenvalue weighted by Crippen LogP contribution is 2.32. The van der Waals surface area contributed by atoms with Gasteiger partial charge in [0.2, 0.25) is 0 Å². The van der Waals surface area contributed by atoms with Crippen molar-refractivity contribution in [2.24, 2.45) is 11.1 Å². The maximum absolute atomic E-state index is 12.9. The fourth-order valence-corrected chi connectivity index (χ4v) is 5.45. The zero-order chi connectivity index (χ0) is 16.7. The van der Waals surface area contributed by atoms with Crippen LogP contribution in [0.3, 0.4) is 0 Å². The average Bonchev–Trinajstić information content (AvgIpc) is 3.01. The summed E-state index contributed by atoms with van der Waals surface area (Å²) >= 11 is 1.35. The van der Waals surface area contributed by atoms with Crippen LogP contribution in [0.1, 0.15) is 20.3 Å². The minimum atomic E-state index is -3.57. The molecule has 1 aliphatic rings. The summed E-state index contributed by atoms with van der Waals surface area (Å²) in [7, 11) is -3.57. The molecule has 0 aliphatic carbocycles. The molecule has 7 heteroatoms. The first-order chi connectivity index (χ1) is 10.8. The van der Waals surface area contributed by atoms with Gasteiger partial charge in [0.05, 0.1) is 0 Å². The SMILES string of the molecule is CC1(C)CN(S(=O)(=O)c2csc(-c3ccccc3)n2)CCC1N. The number of thiazole rings is 1. The summed E-state index contributed by atoms with van der Waals surface area (Å²) in [6, 6.07) is 9.63. The maximum Gasteiger partial charge on any atom is 0.261 e. The van der Waals surface area contributed by atoms with Crippen molar-refractivity contribution in [1.29, 1.82) is 0 Å². The van der Waals surface area contributed by atoms with Gasteiger partial charge in [0.25, 0.3) is 10.0 Å². The normalized spacial score (nSPS) is 22.1. The Morgan fingerprint density at radius 1 is 1.30 bits per heavy atom. The third-order valence-corrected chi connectivity index (χ3v) is 7.15. The van der Waals surface area contributed by atoms with Gasteiger partial charge in [-0.1, -0.05) is 44.2 Å². The first-order valence-electron chi connectivity index (χ1n) is 7.57. The van der Waals surface area contributed by atoms with E-state index in [1.807, 2.05) is 44.2 Å². The van der Waals surface area contributed by atoms with E-state index >= 15 is 0 Å². The van der Waals surface area contributed by atoms with Crippen LogP contribution in [0.2, 0.25) is 0 Å². The molecule has 1 aromatic heterocycles. The highest BCUT2D eigenvalue weighted by molar-refractivity contribution is 7.89. The Morgan fingerprint density at radius 3 is 2.65 bits per heavy atom. The van der Waals surface area contributed by atoms with Crippen LogP contribution in [0.5, 0.6) is 0 Å². The Bertz CT molecular complexity index is 785. The predicted octanol–water partition coefficient (Wildman–Crippen LogP) is 2.56. The van der Waals surface area contributed by atoms with Crippen LogP contribution in [0.4, 0.5) is 0 Å². The number of rotatable bonds is 3. The fraction of sp³-hybridized carbons (Fsp3) is 0.438. The first-order valence-corrected chi connectivity index (χ1v) is 9.89. The molecule has 1 unspecified atom stereocenters. The van der Waals surface area contributed by atoms with Crippen molar-refractivity contribution in [3.8, 4) is 10.6 Å². The average molecular weight is 351 g/mol. The largest absolute Gasteiger partial charge is 0.327 e. The molecule has 1 saturated heterocycles. The lowest BCUT2D eigenvalue weighted by Gasteiger charge is -2.41. The number of nitrogens with two attached hydrogens (primary N) is 1. The predicted molar refractivity (Wildman–Crippen MR) is 92.7 cm³/mol. The van der Waals surface area contributed by atoms with Gasteiger partial charge in [0.1, 0.15) is 5.01 Å². The van der Waals surface area contributed by atoms with Gasteiger partial charge in [-0.25, -0.2) is 13.4 Å². The molecule has 2 N–H and O–H groups in total. The van der Waals surface area contributed by atoms with Gasteiger partial charge in [-0.15, -0.1) is 11.3 Å². The minimum absolute atomic E-state index is 0.0178. The zero-order valence-electron chi connectivity index (χ0n) is 13.3. The molecule has 5 nitrogen and oxygen atoms in total. The molecule has 2 aromatic rings. The van der Waals surface area contributed by atoms with Crippen molar-refractivity contribution in [2.45, 2.75) is 31.3 Å². The van der Waals surface area contributed by atoms with Crippen molar-refractivity contribution in [3.05, 3.63) is 35.7 Å².